The number of rotatable bonds is 13. The fourth-order valence-electron chi connectivity index (χ4n) is 5.22. The van der Waals surface area contributed by atoms with Gasteiger partial charge in [0.1, 0.15) is 11.5 Å². The first-order chi connectivity index (χ1) is 22.0. The van der Waals surface area contributed by atoms with Crippen molar-refractivity contribution in [2.75, 3.05) is 20.3 Å². The highest BCUT2D eigenvalue weighted by Crippen LogP contribution is 2.45. The summed E-state index contributed by atoms with van der Waals surface area (Å²) in [5.74, 6) is 1.20. The number of methoxy groups -OCH3 is 1. The maximum absolute atomic E-state index is 14.6. The van der Waals surface area contributed by atoms with Crippen molar-refractivity contribution in [1.29, 1.82) is 0 Å². The zero-order valence-electron chi connectivity index (χ0n) is 24.6. The SMILES string of the molecule is COc1ccccc1CNC(=O)[C@]1(Cc2ccccc2N=[N+]=[N-])N=C(c2ccc(OCCCO)cc2)O[C@@H]1c1ccccc1Br. The fourth-order valence-corrected chi connectivity index (χ4v) is 5.71. The average Bonchev–Trinajstić information content (AvgIpc) is 3.45. The molecule has 45 heavy (non-hydrogen) atoms. The molecule has 2 N–H and O–H groups in total. The summed E-state index contributed by atoms with van der Waals surface area (Å²) in [6, 6.07) is 29.4. The summed E-state index contributed by atoms with van der Waals surface area (Å²) in [5, 5.41) is 16.1. The van der Waals surface area contributed by atoms with Gasteiger partial charge < -0.3 is 24.6 Å². The Labute approximate surface area is 269 Å². The number of hydrogen-bond donors (Lipinski definition) is 2. The van der Waals surface area contributed by atoms with Crippen LogP contribution in [0.2, 0.25) is 0 Å². The molecule has 230 valence electrons. The van der Waals surface area contributed by atoms with Gasteiger partial charge in [0.15, 0.2) is 11.6 Å². The van der Waals surface area contributed by atoms with Gasteiger partial charge in [-0.25, -0.2) is 4.99 Å². The van der Waals surface area contributed by atoms with E-state index in [0.717, 1.165) is 15.6 Å². The number of carbonyl (C=O) groups is 1. The van der Waals surface area contributed by atoms with Crippen LogP contribution in [-0.2, 0) is 22.5 Å². The van der Waals surface area contributed by atoms with Gasteiger partial charge in [-0.1, -0.05) is 81.7 Å². The molecule has 0 aliphatic carbocycles. The van der Waals surface area contributed by atoms with Crippen LogP contribution < -0.4 is 14.8 Å². The standard InChI is InChI=1S/C34H32BrN5O5/c1-43-30-14-7-3-10-25(30)22-37-33(42)34(21-24-9-2-6-13-29(24)39-40-36)31(27-11-4-5-12-28(27)35)45-32(38-34)23-15-17-26(18-16-23)44-20-8-19-41/h2-7,9-18,31,41H,8,19-22H2,1H3,(H,37,42)/t31-,34-/m1/s1. The van der Waals surface area contributed by atoms with Crippen LogP contribution in [0.1, 0.15) is 34.8 Å². The number of carbonyl (C=O) groups excluding carboxylic acids is 1. The molecule has 0 unspecified atom stereocenters. The van der Waals surface area contributed by atoms with Crippen LogP contribution in [-0.4, -0.2) is 42.8 Å². The number of hydrogen-bond acceptors (Lipinski definition) is 7. The number of nitrogens with one attached hydrogen (secondary N) is 1. The van der Waals surface area contributed by atoms with Crippen LogP contribution in [0.4, 0.5) is 5.69 Å². The van der Waals surface area contributed by atoms with Gasteiger partial charge in [-0.15, -0.1) is 0 Å². The summed E-state index contributed by atoms with van der Waals surface area (Å²) in [7, 11) is 1.59. The van der Waals surface area contributed by atoms with E-state index in [1.807, 2.05) is 72.8 Å². The zero-order chi connectivity index (χ0) is 31.6. The summed E-state index contributed by atoms with van der Waals surface area (Å²) < 4.78 is 18.6. The zero-order valence-corrected chi connectivity index (χ0v) is 26.2. The molecule has 0 radical (unpaired) electrons. The predicted molar refractivity (Wildman–Crippen MR) is 175 cm³/mol. The van der Waals surface area contributed by atoms with Gasteiger partial charge in [0.05, 0.1) is 13.7 Å². The molecule has 1 aliphatic heterocycles. The molecule has 0 saturated heterocycles. The van der Waals surface area contributed by atoms with Gasteiger partial charge in [0.25, 0.3) is 5.91 Å². The predicted octanol–water partition coefficient (Wildman–Crippen LogP) is 6.98. The number of aliphatic hydroxyl groups is 1. The number of aliphatic hydroxyl groups excluding tert-OH is 1. The molecule has 10 nitrogen and oxygen atoms in total. The van der Waals surface area contributed by atoms with Crippen molar-refractivity contribution >= 4 is 33.4 Å². The van der Waals surface area contributed by atoms with E-state index in [0.29, 0.717) is 41.3 Å². The van der Waals surface area contributed by atoms with Crippen LogP contribution in [0.3, 0.4) is 0 Å². The molecule has 11 heteroatoms. The number of benzene rings is 4. The van der Waals surface area contributed by atoms with Crippen molar-refractivity contribution in [2.45, 2.75) is 31.0 Å². The van der Waals surface area contributed by atoms with E-state index in [1.54, 1.807) is 31.4 Å². The molecule has 0 spiro atoms. The van der Waals surface area contributed by atoms with E-state index in [2.05, 4.69) is 31.3 Å². The molecule has 5 rings (SSSR count). The van der Waals surface area contributed by atoms with Gasteiger partial charge >= 0.3 is 0 Å². The summed E-state index contributed by atoms with van der Waals surface area (Å²) in [5.41, 5.74) is 11.0. The third kappa shape index (κ3) is 7.12. The molecule has 1 heterocycles. The van der Waals surface area contributed by atoms with Crippen molar-refractivity contribution < 1.29 is 24.1 Å². The topological polar surface area (TPSA) is 138 Å². The second kappa shape index (κ2) is 14.8. The molecule has 1 amide bonds. The van der Waals surface area contributed by atoms with Crippen molar-refractivity contribution in [3.8, 4) is 11.5 Å². The maximum atomic E-state index is 14.6. The lowest BCUT2D eigenvalue weighted by atomic mass is 9.81. The summed E-state index contributed by atoms with van der Waals surface area (Å²) in [4.78, 5) is 22.7. The van der Waals surface area contributed by atoms with Crippen molar-refractivity contribution in [1.82, 2.24) is 5.32 Å². The van der Waals surface area contributed by atoms with E-state index >= 15 is 0 Å². The van der Waals surface area contributed by atoms with E-state index in [1.165, 1.54) is 0 Å². The highest BCUT2D eigenvalue weighted by Gasteiger charge is 2.54. The number of para-hydroxylation sites is 1. The molecule has 1 aliphatic rings. The first-order valence-corrected chi connectivity index (χ1v) is 15.2. The fraction of sp³-hybridized carbons (Fsp3) is 0.235. The van der Waals surface area contributed by atoms with Crippen molar-refractivity contribution in [3.63, 3.8) is 0 Å². The minimum Gasteiger partial charge on any atom is -0.496 e. The Morgan fingerprint density at radius 1 is 1.04 bits per heavy atom. The normalized spacial score (nSPS) is 17.0. The Bertz CT molecular complexity index is 1720. The molecule has 0 bridgehead atoms. The molecule has 0 saturated carbocycles. The highest BCUT2D eigenvalue weighted by atomic mass is 79.9. The molecule has 0 aromatic heterocycles. The number of ether oxygens (including phenoxy) is 3. The van der Waals surface area contributed by atoms with Gasteiger partial charge in [0.2, 0.25) is 5.90 Å². The third-order valence-corrected chi connectivity index (χ3v) is 8.18. The molecule has 4 aromatic carbocycles. The van der Waals surface area contributed by atoms with Crippen molar-refractivity contribution in [2.24, 2.45) is 10.1 Å². The van der Waals surface area contributed by atoms with Crippen LogP contribution in [0.15, 0.2) is 112 Å². The number of azide groups is 1. The van der Waals surface area contributed by atoms with Crippen LogP contribution >= 0.6 is 15.9 Å². The number of amides is 1. The molecule has 4 aromatic rings. The smallest absolute Gasteiger partial charge is 0.252 e. The lowest BCUT2D eigenvalue weighted by Gasteiger charge is -2.31. The Balaban J connectivity index is 1.61. The molecular formula is C34H32BrN5O5. The number of halogens is 1. The second-order valence-corrected chi connectivity index (χ2v) is 11.2. The first kappa shape index (κ1) is 31.6. The highest BCUT2D eigenvalue weighted by molar-refractivity contribution is 9.10. The van der Waals surface area contributed by atoms with Crippen molar-refractivity contribution in [3.05, 3.63) is 134 Å². The Morgan fingerprint density at radius 3 is 2.49 bits per heavy atom. The van der Waals surface area contributed by atoms with E-state index in [4.69, 9.17) is 24.3 Å². The minimum atomic E-state index is -1.50. The Hall–Kier alpha value is -4.83. The average molecular weight is 671 g/mol. The Kier molecular flexibility index (Phi) is 10.4. The third-order valence-electron chi connectivity index (χ3n) is 7.45. The molecular weight excluding hydrogens is 638 g/mol. The lowest BCUT2D eigenvalue weighted by Crippen LogP contribution is -2.49. The number of nitrogens with zero attached hydrogens (tertiary/aromatic N) is 4. The minimum absolute atomic E-state index is 0.0448. The Morgan fingerprint density at radius 2 is 1.76 bits per heavy atom. The lowest BCUT2D eigenvalue weighted by molar-refractivity contribution is -0.129. The summed E-state index contributed by atoms with van der Waals surface area (Å²) in [6.45, 7) is 0.622. The quantitative estimate of drug-likeness (QED) is 0.0685. The number of aliphatic imine (C=N–C) groups is 1. The van der Waals surface area contributed by atoms with Gasteiger partial charge in [-0.05, 0) is 47.5 Å². The second-order valence-electron chi connectivity index (χ2n) is 10.3. The van der Waals surface area contributed by atoms with Gasteiger partial charge in [-0.2, -0.15) is 0 Å². The summed E-state index contributed by atoms with van der Waals surface area (Å²) >= 11 is 3.66. The van der Waals surface area contributed by atoms with Gasteiger partial charge in [0, 0.05) is 57.8 Å². The largest absolute Gasteiger partial charge is 0.496 e. The van der Waals surface area contributed by atoms with Crippen LogP contribution in [0.5, 0.6) is 11.5 Å². The van der Waals surface area contributed by atoms with Gasteiger partial charge in [-0.3, -0.25) is 4.79 Å². The summed E-state index contributed by atoms with van der Waals surface area (Å²) in [6.07, 6.45) is -0.243. The maximum Gasteiger partial charge on any atom is 0.252 e. The molecule has 2 atom stereocenters. The van der Waals surface area contributed by atoms with Crippen LogP contribution in [0.25, 0.3) is 10.4 Å². The first-order valence-electron chi connectivity index (χ1n) is 14.4. The van der Waals surface area contributed by atoms with Crippen LogP contribution in [0, 0.1) is 0 Å². The monoisotopic (exact) mass is 669 g/mol. The molecule has 0 fully saturated rings. The van der Waals surface area contributed by atoms with E-state index in [9.17, 15) is 10.3 Å². The van der Waals surface area contributed by atoms with E-state index in [-0.39, 0.29) is 31.4 Å². The van der Waals surface area contributed by atoms with E-state index < -0.39 is 11.6 Å².